The molecule has 0 atom stereocenters. The third-order valence-electron chi connectivity index (χ3n) is 3.48. The Morgan fingerprint density at radius 1 is 1.00 bits per heavy atom. The lowest BCUT2D eigenvalue weighted by Crippen LogP contribution is -1.99. The number of nitrogens with two attached hydrogens (primary N) is 1. The van der Waals surface area contributed by atoms with Gasteiger partial charge in [0.05, 0.1) is 5.69 Å². The van der Waals surface area contributed by atoms with Crippen LogP contribution in [0.5, 0.6) is 5.75 Å². The molecule has 0 saturated carbocycles. The SMILES string of the molecule is N#Cc1c(-c2ccc(Br)cc2)cc(-c2ccc(O)cc2)nc1N. The topological polar surface area (TPSA) is 82.9 Å². The second-order valence-electron chi connectivity index (χ2n) is 4.98. The van der Waals surface area contributed by atoms with E-state index in [9.17, 15) is 10.4 Å². The maximum absolute atomic E-state index is 9.41. The molecule has 0 radical (unpaired) electrons. The molecule has 0 fully saturated rings. The predicted octanol–water partition coefficient (Wildman–Crippen LogP) is 4.34. The third kappa shape index (κ3) is 3.03. The molecule has 5 heteroatoms. The summed E-state index contributed by atoms with van der Waals surface area (Å²) in [5, 5.41) is 18.8. The Bertz CT molecular complexity index is 897. The molecule has 1 heterocycles. The first-order chi connectivity index (χ1) is 11.1. The number of benzene rings is 2. The molecule has 0 unspecified atom stereocenters. The standard InChI is InChI=1S/C18H12BrN3O/c19-13-5-1-11(2-6-13)15-9-17(22-18(21)16(15)10-20)12-3-7-14(23)8-4-12/h1-9,23H,(H2,21,22). The fourth-order valence-corrected chi connectivity index (χ4v) is 2.58. The molecular formula is C18H12BrN3O. The van der Waals surface area contributed by atoms with Gasteiger partial charge in [0.2, 0.25) is 0 Å². The van der Waals surface area contributed by atoms with Gasteiger partial charge in [-0.05, 0) is 48.0 Å². The molecule has 0 spiro atoms. The van der Waals surface area contributed by atoms with Crippen LogP contribution in [0.2, 0.25) is 0 Å². The molecule has 0 aliphatic rings. The van der Waals surface area contributed by atoms with Gasteiger partial charge in [-0.2, -0.15) is 5.26 Å². The Morgan fingerprint density at radius 3 is 2.22 bits per heavy atom. The number of aromatic hydroxyl groups is 1. The van der Waals surface area contributed by atoms with Crippen molar-refractivity contribution in [2.45, 2.75) is 0 Å². The molecule has 0 aliphatic carbocycles. The molecule has 0 saturated heterocycles. The normalized spacial score (nSPS) is 10.3. The zero-order chi connectivity index (χ0) is 16.4. The first-order valence-electron chi connectivity index (χ1n) is 6.84. The molecule has 1 aromatic heterocycles. The Balaban J connectivity index is 2.20. The fraction of sp³-hybridized carbons (Fsp3) is 0. The Morgan fingerprint density at radius 2 is 1.61 bits per heavy atom. The minimum atomic E-state index is 0.184. The van der Waals surface area contributed by atoms with Crippen LogP contribution in [0.4, 0.5) is 5.82 Å². The van der Waals surface area contributed by atoms with Gasteiger partial charge in [0.1, 0.15) is 23.2 Å². The van der Waals surface area contributed by atoms with E-state index >= 15 is 0 Å². The number of phenolic OH excluding ortho intramolecular Hbond substituents is 1. The molecule has 3 rings (SSSR count). The van der Waals surface area contributed by atoms with Gasteiger partial charge < -0.3 is 10.8 Å². The Labute approximate surface area is 142 Å². The largest absolute Gasteiger partial charge is 0.508 e. The van der Waals surface area contributed by atoms with Gasteiger partial charge in [0.15, 0.2) is 0 Å². The summed E-state index contributed by atoms with van der Waals surface area (Å²) in [7, 11) is 0. The number of nitrogens with zero attached hydrogens (tertiary/aromatic N) is 2. The predicted molar refractivity (Wildman–Crippen MR) is 93.6 cm³/mol. The minimum absolute atomic E-state index is 0.184. The monoisotopic (exact) mass is 365 g/mol. The molecule has 0 amide bonds. The van der Waals surface area contributed by atoms with Crippen LogP contribution in [0.1, 0.15) is 5.56 Å². The summed E-state index contributed by atoms with van der Waals surface area (Å²) in [6.45, 7) is 0. The quantitative estimate of drug-likeness (QED) is 0.707. The van der Waals surface area contributed by atoms with Crippen molar-refractivity contribution in [3.05, 3.63) is 64.6 Å². The molecule has 0 aliphatic heterocycles. The number of nitrogen functional groups attached to an aromatic ring is 1. The van der Waals surface area contributed by atoms with Gasteiger partial charge in [0.25, 0.3) is 0 Å². The maximum Gasteiger partial charge on any atom is 0.142 e. The summed E-state index contributed by atoms with van der Waals surface area (Å²) in [6, 6.07) is 18.3. The highest BCUT2D eigenvalue weighted by molar-refractivity contribution is 9.10. The summed E-state index contributed by atoms with van der Waals surface area (Å²) in [5.74, 6) is 0.375. The van der Waals surface area contributed by atoms with E-state index < -0.39 is 0 Å². The number of aromatic nitrogens is 1. The minimum Gasteiger partial charge on any atom is -0.508 e. The number of hydrogen-bond donors (Lipinski definition) is 2. The average molecular weight is 366 g/mol. The van der Waals surface area contributed by atoms with Gasteiger partial charge in [-0.3, -0.25) is 0 Å². The van der Waals surface area contributed by atoms with E-state index in [0.717, 1.165) is 21.2 Å². The van der Waals surface area contributed by atoms with Gasteiger partial charge >= 0.3 is 0 Å². The Hall–Kier alpha value is -2.84. The number of anilines is 1. The van der Waals surface area contributed by atoms with E-state index in [1.54, 1.807) is 24.3 Å². The van der Waals surface area contributed by atoms with Crippen LogP contribution < -0.4 is 5.73 Å². The van der Waals surface area contributed by atoms with Crippen molar-refractivity contribution >= 4 is 21.7 Å². The van der Waals surface area contributed by atoms with Gasteiger partial charge in [-0.25, -0.2) is 4.98 Å². The fourth-order valence-electron chi connectivity index (χ4n) is 2.32. The lowest BCUT2D eigenvalue weighted by molar-refractivity contribution is 0.475. The van der Waals surface area contributed by atoms with Crippen LogP contribution in [0, 0.1) is 11.3 Å². The van der Waals surface area contributed by atoms with Gasteiger partial charge in [-0.15, -0.1) is 0 Å². The van der Waals surface area contributed by atoms with E-state index in [2.05, 4.69) is 27.0 Å². The van der Waals surface area contributed by atoms with Crippen molar-refractivity contribution in [3.8, 4) is 34.2 Å². The van der Waals surface area contributed by atoms with E-state index in [1.165, 1.54) is 0 Å². The summed E-state index contributed by atoms with van der Waals surface area (Å²) >= 11 is 3.40. The third-order valence-corrected chi connectivity index (χ3v) is 4.01. The highest BCUT2D eigenvalue weighted by Gasteiger charge is 2.13. The van der Waals surface area contributed by atoms with Crippen LogP contribution >= 0.6 is 15.9 Å². The van der Waals surface area contributed by atoms with Crippen molar-refractivity contribution in [3.63, 3.8) is 0 Å². The van der Waals surface area contributed by atoms with Crippen LogP contribution in [0.3, 0.4) is 0 Å². The second kappa shape index (κ2) is 6.11. The van der Waals surface area contributed by atoms with Gasteiger partial charge in [-0.1, -0.05) is 28.1 Å². The van der Waals surface area contributed by atoms with E-state index in [1.807, 2.05) is 30.3 Å². The van der Waals surface area contributed by atoms with Crippen LogP contribution in [-0.4, -0.2) is 10.1 Å². The number of nitriles is 1. The van der Waals surface area contributed by atoms with Gasteiger partial charge in [0, 0.05) is 15.6 Å². The molecule has 3 aromatic rings. The van der Waals surface area contributed by atoms with Crippen molar-refractivity contribution in [1.82, 2.24) is 4.98 Å². The van der Waals surface area contributed by atoms with Crippen LogP contribution in [0.15, 0.2) is 59.1 Å². The lowest BCUT2D eigenvalue weighted by atomic mass is 9.98. The first kappa shape index (κ1) is 15.1. The van der Waals surface area contributed by atoms with Crippen molar-refractivity contribution in [1.29, 1.82) is 5.26 Å². The summed E-state index contributed by atoms with van der Waals surface area (Å²) in [5.41, 5.74) is 9.42. The number of rotatable bonds is 2. The van der Waals surface area contributed by atoms with Crippen molar-refractivity contribution in [2.75, 3.05) is 5.73 Å². The summed E-state index contributed by atoms with van der Waals surface area (Å²) in [4.78, 5) is 4.31. The zero-order valence-electron chi connectivity index (χ0n) is 12.0. The number of halogens is 1. The highest BCUT2D eigenvalue weighted by Crippen LogP contribution is 2.32. The molecule has 2 aromatic carbocycles. The molecular weight excluding hydrogens is 354 g/mol. The van der Waals surface area contributed by atoms with Crippen LogP contribution in [-0.2, 0) is 0 Å². The highest BCUT2D eigenvalue weighted by atomic mass is 79.9. The zero-order valence-corrected chi connectivity index (χ0v) is 13.6. The Kier molecular flexibility index (Phi) is 4.00. The smallest absolute Gasteiger partial charge is 0.142 e. The van der Waals surface area contributed by atoms with Crippen molar-refractivity contribution in [2.24, 2.45) is 0 Å². The lowest BCUT2D eigenvalue weighted by Gasteiger charge is -2.10. The van der Waals surface area contributed by atoms with Crippen molar-refractivity contribution < 1.29 is 5.11 Å². The molecule has 4 nitrogen and oxygen atoms in total. The van der Waals surface area contributed by atoms with E-state index in [-0.39, 0.29) is 11.6 Å². The summed E-state index contributed by atoms with van der Waals surface area (Å²) < 4.78 is 0.959. The van der Waals surface area contributed by atoms with E-state index in [0.29, 0.717) is 11.3 Å². The second-order valence-corrected chi connectivity index (χ2v) is 5.90. The molecule has 3 N–H and O–H groups in total. The number of phenols is 1. The number of hydrogen-bond acceptors (Lipinski definition) is 4. The number of pyridine rings is 1. The molecule has 23 heavy (non-hydrogen) atoms. The molecule has 0 bridgehead atoms. The summed E-state index contributed by atoms with van der Waals surface area (Å²) in [6.07, 6.45) is 0. The van der Waals surface area contributed by atoms with E-state index in [4.69, 9.17) is 5.73 Å². The van der Waals surface area contributed by atoms with Crippen LogP contribution in [0.25, 0.3) is 22.4 Å². The average Bonchev–Trinajstić information content (AvgIpc) is 2.55. The first-order valence-corrected chi connectivity index (χ1v) is 7.64. The maximum atomic E-state index is 9.41. The molecule has 112 valence electrons.